The normalized spacial score (nSPS) is 19.2. The largest absolute Gasteiger partial charge is 0.573 e. The minimum absolute atomic E-state index is 0.198. The van der Waals surface area contributed by atoms with Crippen LogP contribution in [0.5, 0.6) is 5.75 Å². The topological polar surface area (TPSA) is 35.2 Å². The van der Waals surface area contributed by atoms with Crippen LogP contribution in [0.15, 0.2) is 24.3 Å². The van der Waals surface area contributed by atoms with Gasteiger partial charge in [0.25, 0.3) is 0 Å². The lowest BCUT2D eigenvalue weighted by atomic mass is 9.81. The lowest BCUT2D eigenvalue weighted by molar-refractivity contribution is -0.274. The molecule has 19 heavy (non-hydrogen) atoms. The summed E-state index contributed by atoms with van der Waals surface area (Å²) in [6.45, 7) is 0. The van der Waals surface area contributed by atoms with Crippen molar-refractivity contribution in [3.63, 3.8) is 0 Å². The summed E-state index contributed by atoms with van der Waals surface area (Å²) in [5.74, 6) is 0.158. The van der Waals surface area contributed by atoms with E-state index in [9.17, 15) is 13.2 Å². The highest BCUT2D eigenvalue weighted by Crippen LogP contribution is 2.34. The molecule has 1 unspecified atom stereocenters. The second-order valence-corrected chi connectivity index (χ2v) is 5.04. The van der Waals surface area contributed by atoms with E-state index in [0.717, 1.165) is 25.7 Å². The molecule has 2 N–H and O–H groups in total. The molecule has 2 nitrogen and oxygen atoms in total. The molecule has 5 heteroatoms. The summed E-state index contributed by atoms with van der Waals surface area (Å²) in [5.41, 5.74) is 6.88. The van der Waals surface area contributed by atoms with E-state index in [1.807, 2.05) is 0 Å². The van der Waals surface area contributed by atoms with Gasteiger partial charge in [-0.25, -0.2) is 0 Å². The van der Waals surface area contributed by atoms with Crippen molar-refractivity contribution >= 4 is 0 Å². The van der Waals surface area contributed by atoms with Crippen LogP contribution in [0.3, 0.4) is 0 Å². The Bertz CT molecular complexity index is 413. The van der Waals surface area contributed by atoms with Crippen LogP contribution in [0.25, 0.3) is 0 Å². The van der Waals surface area contributed by atoms with Crippen molar-refractivity contribution in [1.82, 2.24) is 0 Å². The fraction of sp³-hybridized carbons (Fsp3) is 0.571. The highest BCUT2D eigenvalue weighted by molar-refractivity contribution is 5.31. The molecule has 0 spiro atoms. The molecule has 0 aromatic heterocycles. The van der Waals surface area contributed by atoms with Gasteiger partial charge in [0.05, 0.1) is 0 Å². The van der Waals surface area contributed by atoms with Gasteiger partial charge >= 0.3 is 6.36 Å². The predicted octanol–water partition coefficient (Wildman–Crippen LogP) is 4.17. The van der Waals surface area contributed by atoms with Gasteiger partial charge in [-0.2, -0.15) is 0 Å². The maximum Gasteiger partial charge on any atom is 0.573 e. The van der Waals surface area contributed by atoms with Crippen LogP contribution < -0.4 is 10.5 Å². The molecule has 0 bridgehead atoms. The average molecular weight is 273 g/mol. The second kappa shape index (κ2) is 5.82. The summed E-state index contributed by atoms with van der Waals surface area (Å²) in [6.07, 6.45) is 0.958. The average Bonchev–Trinajstić information content (AvgIpc) is 2.37. The number of rotatable bonds is 3. The van der Waals surface area contributed by atoms with Gasteiger partial charge in [0, 0.05) is 6.04 Å². The molecule has 0 amide bonds. The summed E-state index contributed by atoms with van der Waals surface area (Å²) in [4.78, 5) is 0. The Morgan fingerprint density at radius 1 is 1.16 bits per heavy atom. The van der Waals surface area contributed by atoms with Crippen LogP contribution in [0.2, 0.25) is 0 Å². The Balaban J connectivity index is 2.09. The maximum atomic E-state index is 12.2. The van der Waals surface area contributed by atoms with E-state index in [2.05, 4.69) is 4.74 Å². The molecule has 1 saturated carbocycles. The fourth-order valence-electron chi connectivity index (χ4n) is 2.68. The number of alkyl halides is 3. The summed E-state index contributed by atoms with van der Waals surface area (Å²) in [5, 5.41) is 0. The molecule has 1 aromatic rings. The second-order valence-electron chi connectivity index (χ2n) is 5.04. The number of hydrogen-bond donors (Lipinski definition) is 1. The van der Waals surface area contributed by atoms with Gasteiger partial charge in [-0.05, 0) is 36.5 Å². The van der Waals surface area contributed by atoms with E-state index in [0.29, 0.717) is 11.5 Å². The van der Waals surface area contributed by atoms with Crippen molar-refractivity contribution < 1.29 is 17.9 Å². The maximum absolute atomic E-state index is 12.2. The molecule has 1 atom stereocenters. The minimum atomic E-state index is -4.66. The molecule has 1 aliphatic rings. The monoisotopic (exact) mass is 273 g/mol. The van der Waals surface area contributed by atoms with Gasteiger partial charge in [-0.1, -0.05) is 31.4 Å². The van der Waals surface area contributed by atoms with Gasteiger partial charge in [0.2, 0.25) is 0 Å². The molecule has 0 heterocycles. The molecule has 1 fully saturated rings. The molecular weight excluding hydrogens is 255 g/mol. The van der Waals surface area contributed by atoms with Crippen LogP contribution in [0.4, 0.5) is 13.2 Å². The summed E-state index contributed by atoms with van der Waals surface area (Å²) in [7, 11) is 0. The van der Waals surface area contributed by atoms with E-state index in [-0.39, 0.29) is 11.8 Å². The minimum Gasteiger partial charge on any atom is -0.406 e. The summed E-state index contributed by atoms with van der Waals surface area (Å²) >= 11 is 0. The van der Waals surface area contributed by atoms with Gasteiger partial charge in [0.1, 0.15) is 5.75 Å². The van der Waals surface area contributed by atoms with Gasteiger partial charge in [-0.3, -0.25) is 0 Å². The third-order valence-corrected chi connectivity index (χ3v) is 3.63. The molecule has 106 valence electrons. The highest BCUT2D eigenvalue weighted by Gasteiger charge is 2.31. The van der Waals surface area contributed by atoms with Crippen LogP contribution >= 0.6 is 0 Å². The highest BCUT2D eigenvalue weighted by atomic mass is 19.4. The van der Waals surface area contributed by atoms with E-state index in [4.69, 9.17) is 5.73 Å². The van der Waals surface area contributed by atoms with Crippen molar-refractivity contribution in [1.29, 1.82) is 0 Å². The zero-order chi connectivity index (χ0) is 13.9. The quantitative estimate of drug-likeness (QED) is 0.897. The first kappa shape index (κ1) is 14.2. The van der Waals surface area contributed by atoms with Crippen molar-refractivity contribution in [2.45, 2.75) is 44.5 Å². The standard InChI is InChI=1S/C14H18F3NO/c15-14(16,17)19-12-8-4-7-11(9-12)13(18)10-5-2-1-3-6-10/h4,7-10,13H,1-3,5-6,18H2. The molecule has 2 rings (SSSR count). The Hall–Kier alpha value is -1.23. The number of hydrogen-bond acceptors (Lipinski definition) is 2. The van der Waals surface area contributed by atoms with Crippen LogP contribution in [-0.2, 0) is 0 Å². The van der Waals surface area contributed by atoms with E-state index < -0.39 is 6.36 Å². The van der Waals surface area contributed by atoms with E-state index in [1.54, 1.807) is 12.1 Å². The van der Waals surface area contributed by atoms with Crippen molar-refractivity contribution in [3.05, 3.63) is 29.8 Å². The first-order chi connectivity index (χ1) is 8.96. The fourth-order valence-corrected chi connectivity index (χ4v) is 2.68. The van der Waals surface area contributed by atoms with Gasteiger partial charge in [0.15, 0.2) is 0 Å². The third-order valence-electron chi connectivity index (χ3n) is 3.63. The van der Waals surface area contributed by atoms with Crippen LogP contribution in [0, 0.1) is 5.92 Å². The van der Waals surface area contributed by atoms with Crippen molar-refractivity contribution in [3.8, 4) is 5.75 Å². The Labute approximate surface area is 110 Å². The molecule has 1 aromatic carbocycles. The number of nitrogens with two attached hydrogens (primary N) is 1. The first-order valence-electron chi connectivity index (χ1n) is 6.57. The zero-order valence-corrected chi connectivity index (χ0v) is 10.6. The third kappa shape index (κ3) is 4.13. The Morgan fingerprint density at radius 2 is 1.84 bits per heavy atom. The molecule has 0 radical (unpaired) electrons. The van der Waals surface area contributed by atoms with Gasteiger partial charge < -0.3 is 10.5 Å². The zero-order valence-electron chi connectivity index (χ0n) is 10.6. The Morgan fingerprint density at radius 3 is 2.47 bits per heavy atom. The molecular formula is C14H18F3NO. The number of halogens is 3. The SMILES string of the molecule is NC(c1cccc(OC(F)(F)F)c1)C1CCCCC1. The first-order valence-corrected chi connectivity index (χ1v) is 6.57. The van der Waals surface area contributed by atoms with E-state index >= 15 is 0 Å². The van der Waals surface area contributed by atoms with Crippen LogP contribution in [-0.4, -0.2) is 6.36 Å². The van der Waals surface area contributed by atoms with Crippen molar-refractivity contribution in [2.75, 3.05) is 0 Å². The van der Waals surface area contributed by atoms with Crippen LogP contribution in [0.1, 0.15) is 43.7 Å². The van der Waals surface area contributed by atoms with Gasteiger partial charge in [-0.15, -0.1) is 13.2 Å². The predicted molar refractivity (Wildman–Crippen MR) is 66.6 cm³/mol. The summed E-state index contributed by atoms with van der Waals surface area (Å²) in [6, 6.07) is 5.80. The lowest BCUT2D eigenvalue weighted by Gasteiger charge is -2.28. The van der Waals surface area contributed by atoms with Crippen molar-refractivity contribution in [2.24, 2.45) is 11.7 Å². The van der Waals surface area contributed by atoms with E-state index in [1.165, 1.54) is 18.6 Å². The molecule has 0 saturated heterocycles. The Kier molecular flexibility index (Phi) is 4.34. The molecule has 1 aliphatic carbocycles. The number of ether oxygens (including phenoxy) is 1. The summed E-state index contributed by atoms with van der Waals surface area (Å²) < 4.78 is 40.5. The lowest BCUT2D eigenvalue weighted by Crippen LogP contribution is -2.24. The molecule has 0 aliphatic heterocycles. The smallest absolute Gasteiger partial charge is 0.406 e. The number of benzene rings is 1.